The van der Waals surface area contributed by atoms with Gasteiger partial charge in [-0.15, -0.1) is 11.3 Å². The van der Waals surface area contributed by atoms with Crippen LogP contribution in [0.4, 0.5) is 11.4 Å². The van der Waals surface area contributed by atoms with Crippen molar-refractivity contribution in [3.63, 3.8) is 0 Å². The molecule has 1 aromatic heterocycles. The fraction of sp³-hybridized carbons (Fsp3) is 0.143. The Morgan fingerprint density at radius 1 is 1.37 bits per heavy atom. The SMILES string of the molecule is CC=C(C)c1ccc(-c2ccc(Br)s2)c(N=S)c1N. The van der Waals surface area contributed by atoms with Crippen molar-refractivity contribution in [2.45, 2.75) is 13.8 Å². The number of anilines is 1. The van der Waals surface area contributed by atoms with Crippen molar-refractivity contribution in [1.82, 2.24) is 0 Å². The van der Waals surface area contributed by atoms with Gasteiger partial charge in [0.1, 0.15) is 5.69 Å². The summed E-state index contributed by atoms with van der Waals surface area (Å²) in [7, 11) is 0. The first-order valence-corrected chi connectivity index (χ1v) is 7.70. The molecule has 0 amide bonds. The second kappa shape index (κ2) is 5.94. The van der Waals surface area contributed by atoms with E-state index >= 15 is 0 Å². The van der Waals surface area contributed by atoms with Crippen molar-refractivity contribution in [2.75, 3.05) is 5.73 Å². The second-order valence-corrected chi connectivity index (χ2v) is 6.74. The zero-order chi connectivity index (χ0) is 14.0. The number of rotatable bonds is 3. The average Bonchev–Trinajstić information content (AvgIpc) is 2.84. The van der Waals surface area contributed by atoms with E-state index in [-0.39, 0.29) is 0 Å². The van der Waals surface area contributed by atoms with Crippen molar-refractivity contribution in [3.05, 3.63) is 39.7 Å². The summed E-state index contributed by atoms with van der Waals surface area (Å²) in [5.74, 6) is 0. The molecule has 0 aliphatic rings. The number of benzene rings is 1. The van der Waals surface area contributed by atoms with Gasteiger partial charge in [-0.2, -0.15) is 4.36 Å². The topological polar surface area (TPSA) is 38.4 Å². The first kappa shape index (κ1) is 14.4. The number of halogens is 1. The third-order valence-electron chi connectivity index (χ3n) is 3.00. The molecule has 1 aromatic carbocycles. The van der Waals surface area contributed by atoms with Crippen LogP contribution in [0.3, 0.4) is 0 Å². The third-order valence-corrected chi connectivity index (χ3v) is 4.84. The molecule has 98 valence electrons. The standard InChI is InChI=1S/C14H13BrN2S2/c1-3-8(2)9-4-5-10(14(17-18)13(9)16)11-6-7-12(15)19-11/h3-7H,16H2,1-2H3. The number of hydrogen-bond acceptors (Lipinski definition) is 4. The molecule has 1 heterocycles. The highest BCUT2D eigenvalue weighted by Gasteiger charge is 2.14. The van der Waals surface area contributed by atoms with Gasteiger partial charge < -0.3 is 5.73 Å². The van der Waals surface area contributed by atoms with Crippen molar-refractivity contribution >= 4 is 56.6 Å². The maximum absolute atomic E-state index is 6.21. The summed E-state index contributed by atoms with van der Waals surface area (Å²) in [6.07, 6.45) is 2.03. The molecule has 0 saturated heterocycles. The molecule has 0 aliphatic carbocycles. The molecule has 0 saturated carbocycles. The Morgan fingerprint density at radius 3 is 2.63 bits per heavy atom. The summed E-state index contributed by atoms with van der Waals surface area (Å²) in [6.45, 7) is 4.02. The predicted molar refractivity (Wildman–Crippen MR) is 90.6 cm³/mol. The highest BCUT2D eigenvalue weighted by molar-refractivity contribution is 9.11. The second-order valence-electron chi connectivity index (χ2n) is 4.09. The van der Waals surface area contributed by atoms with Gasteiger partial charge in [-0.25, -0.2) is 0 Å². The highest BCUT2D eigenvalue weighted by Crippen LogP contribution is 2.42. The Kier molecular flexibility index (Phi) is 4.50. The number of nitrogens with zero attached hydrogens (tertiary/aromatic N) is 1. The zero-order valence-electron chi connectivity index (χ0n) is 10.6. The Labute approximate surface area is 130 Å². The molecule has 0 atom stereocenters. The van der Waals surface area contributed by atoms with Crippen LogP contribution < -0.4 is 5.73 Å². The van der Waals surface area contributed by atoms with E-state index < -0.39 is 0 Å². The monoisotopic (exact) mass is 352 g/mol. The molecule has 19 heavy (non-hydrogen) atoms. The van der Waals surface area contributed by atoms with Gasteiger partial charge in [0.05, 0.1) is 9.47 Å². The van der Waals surface area contributed by atoms with Crippen LogP contribution in [0.15, 0.2) is 38.5 Å². The van der Waals surface area contributed by atoms with Crippen LogP contribution in [0.5, 0.6) is 0 Å². The van der Waals surface area contributed by atoms with E-state index in [9.17, 15) is 0 Å². The first-order chi connectivity index (χ1) is 9.08. The Balaban J connectivity index is 2.65. The molecule has 2 aromatic rings. The Morgan fingerprint density at radius 2 is 2.11 bits per heavy atom. The van der Waals surface area contributed by atoms with Gasteiger partial charge in [-0.3, -0.25) is 0 Å². The average molecular weight is 353 g/mol. The summed E-state index contributed by atoms with van der Waals surface area (Å²) in [5.41, 5.74) is 10.6. The minimum Gasteiger partial charge on any atom is -0.396 e. The summed E-state index contributed by atoms with van der Waals surface area (Å²) < 4.78 is 5.03. The molecular weight excluding hydrogens is 340 g/mol. The van der Waals surface area contributed by atoms with E-state index in [1.54, 1.807) is 11.3 Å². The van der Waals surface area contributed by atoms with Crippen LogP contribution in [0.2, 0.25) is 0 Å². The number of nitrogen functional groups attached to an aromatic ring is 1. The number of allylic oxidation sites excluding steroid dienone is 2. The molecule has 0 unspecified atom stereocenters. The van der Waals surface area contributed by atoms with Gasteiger partial charge in [0.15, 0.2) is 0 Å². The van der Waals surface area contributed by atoms with E-state index in [1.165, 1.54) is 0 Å². The maximum atomic E-state index is 6.21. The molecule has 0 spiro atoms. The lowest BCUT2D eigenvalue weighted by Crippen LogP contribution is -1.94. The normalized spacial score (nSPS) is 11.6. The van der Waals surface area contributed by atoms with Gasteiger partial charge in [-0.1, -0.05) is 18.2 Å². The summed E-state index contributed by atoms with van der Waals surface area (Å²) in [4.78, 5) is 1.10. The quantitative estimate of drug-likeness (QED) is 0.735. The summed E-state index contributed by atoms with van der Waals surface area (Å²) in [5, 5.41) is 0. The van der Waals surface area contributed by atoms with Gasteiger partial charge >= 0.3 is 0 Å². The molecule has 2 rings (SSSR count). The van der Waals surface area contributed by atoms with Crippen molar-refractivity contribution in [2.24, 2.45) is 4.36 Å². The van der Waals surface area contributed by atoms with Crippen molar-refractivity contribution < 1.29 is 0 Å². The van der Waals surface area contributed by atoms with Crippen LogP contribution in [-0.4, -0.2) is 0 Å². The fourth-order valence-electron chi connectivity index (χ4n) is 1.86. The van der Waals surface area contributed by atoms with E-state index in [1.807, 2.05) is 44.2 Å². The van der Waals surface area contributed by atoms with Crippen LogP contribution in [-0.2, 0) is 12.4 Å². The predicted octanol–water partition coefficient (Wildman–Crippen LogP) is 5.55. The van der Waals surface area contributed by atoms with Crippen LogP contribution in [0.1, 0.15) is 19.4 Å². The smallest absolute Gasteiger partial charge is 0.109 e. The largest absolute Gasteiger partial charge is 0.396 e. The fourth-order valence-corrected chi connectivity index (χ4v) is 3.47. The number of thiophene rings is 1. The molecule has 5 heteroatoms. The van der Waals surface area contributed by atoms with Gasteiger partial charge in [-0.05, 0) is 47.5 Å². The lowest BCUT2D eigenvalue weighted by atomic mass is 10.00. The maximum Gasteiger partial charge on any atom is 0.109 e. The zero-order valence-corrected chi connectivity index (χ0v) is 13.8. The van der Waals surface area contributed by atoms with E-state index in [2.05, 4.69) is 20.3 Å². The highest BCUT2D eigenvalue weighted by atomic mass is 79.9. The van der Waals surface area contributed by atoms with Gasteiger partial charge in [0.25, 0.3) is 0 Å². The third kappa shape index (κ3) is 2.78. The van der Waals surface area contributed by atoms with Gasteiger partial charge in [0, 0.05) is 28.4 Å². The van der Waals surface area contributed by atoms with Crippen molar-refractivity contribution in [1.29, 1.82) is 0 Å². The minimum absolute atomic E-state index is 0.646. The molecule has 0 radical (unpaired) electrons. The van der Waals surface area contributed by atoms with Crippen LogP contribution in [0.25, 0.3) is 16.0 Å². The van der Waals surface area contributed by atoms with Crippen LogP contribution in [0, 0.1) is 0 Å². The Hall–Kier alpha value is -1.04. The van der Waals surface area contributed by atoms with Crippen molar-refractivity contribution in [3.8, 4) is 10.4 Å². The molecule has 2 N–H and O–H groups in total. The molecule has 0 aliphatic heterocycles. The van der Waals surface area contributed by atoms with E-state index in [0.717, 1.165) is 25.4 Å². The van der Waals surface area contributed by atoms with Gasteiger partial charge in [0.2, 0.25) is 0 Å². The summed E-state index contributed by atoms with van der Waals surface area (Å²) >= 11 is 10.0. The molecule has 0 bridgehead atoms. The minimum atomic E-state index is 0.646. The summed E-state index contributed by atoms with van der Waals surface area (Å²) in [6, 6.07) is 8.10. The first-order valence-electron chi connectivity index (χ1n) is 5.73. The Bertz CT molecular complexity index is 659. The number of nitrogens with two attached hydrogens (primary N) is 1. The van der Waals surface area contributed by atoms with Crippen LogP contribution >= 0.6 is 27.3 Å². The van der Waals surface area contributed by atoms with E-state index in [4.69, 9.17) is 18.2 Å². The van der Waals surface area contributed by atoms with E-state index in [0.29, 0.717) is 11.4 Å². The molecule has 0 fully saturated rings. The number of hydrogen-bond donors (Lipinski definition) is 1. The molecule has 2 nitrogen and oxygen atoms in total. The molecular formula is C14H13BrN2S2. The lowest BCUT2D eigenvalue weighted by Gasteiger charge is -2.11. The lowest BCUT2D eigenvalue weighted by molar-refractivity contribution is 1.50.